The molecule has 7 nitrogen and oxygen atoms in total. The number of anilines is 2. The van der Waals surface area contributed by atoms with Crippen LogP contribution in [0.25, 0.3) is 11.3 Å². The summed E-state index contributed by atoms with van der Waals surface area (Å²) in [6, 6.07) is 4.96. The summed E-state index contributed by atoms with van der Waals surface area (Å²) < 4.78 is 44.0. The van der Waals surface area contributed by atoms with Crippen LogP contribution in [0.2, 0.25) is 0 Å². The summed E-state index contributed by atoms with van der Waals surface area (Å²) in [6.07, 6.45) is -0.280. The van der Waals surface area contributed by atoms with Crippen LogP contribution in [0.15, 0.2) is 42.9 Å². The van der Waals surface area contributed by atoms with Gasteiger partial charge in [0.15, 0.2) is 0 Å². The van der Waals surface area contributed by atoms with Crippen LogP contribution in [0.1, 0.15) is 28.9 Å². The second-order valence-electron chi connectivity index (χ2n) is 6.35. The number of halogens is 3. The van der Waals surface area contributed by atoms with Crippen LogP contribution in [0, 0.1) is 6.92 Å². The van der Waals surface area contributed by atoms with E-state index in [1.54, 1.807) is 30.5 Å². The average Bonchev–Trinajstić information content (AvgIpc) is 3.16. The smallest absolute Gasteiger partial charge is 0.410 e. The van der Waals surface area contributed by atoms with Crippen LogP contribution in [-0.4, -0.2) is 39.0 Å². The molecule has 0 radical (unpaired) electrons. The first-order valence-corrected chi connectivity index (χ1v) is 8.59. The molecule has 1 atom stereocenters. The molecule has 0 unspecified atom stereocenters. The van der Waals surface area contributed by atoms with Gasteiger partial charge in [-0.2, -0.15) is 18.3 Å². The lowest BCUT2D eigenvalue weighted by Gasteiger charge is -2.15. The summed E-state index contributed by atoms with van der Waals surface area (Å²) in [7, 11) is 1.31. The third kappa shape index (κ3) is 4.53. The van der Waals surface area contributed by atoms with E-state index in [-0.39, 0.29) is 5.95 Å². The summed E-state index contributed by atoms with van der Waals surface area (Å²) in [4.78, 5) is 20.2. The Labute approximate surface area is 164 Å². The van der Waals surface area contributed by atoms with Gasteiger partial charge in [-0.05, 0) is 31.5 Å². The standard InChI is InChI=1S/C19H18F3N5O2/c1-11-8-23-18(25-15-9-24-27(10-15)12(2)19(20,21)22)26-16(11)13-4-6-14(7-5-13)17(28)29-3/h4-10,12H,1-3H3,(H,23,25,26)/t12-/m0/s1. The number of carbonyl (C=O) groups is 1. The molecule has 1 N–H and O–H groups in total. The fourth-order valence-corrected chi connectivity index (χ4v) is 2.57. The van der Waals surface area contributed by atoms with Crippen molar-refractivity contribution in [3.63, 3.8) is 0 Å². The first-order valence-electron chi connectivity index (χ1n) is 8.59. The molecule has 0 aliphatic carbocycles. The van der Waals surface area contributed by atoms with E-state index >= 15 is 0 Å². The van der Waals surface area contributed by atoms with Gasteiger partial charge in [-0.15, -0.1) is 0 Å². The highest BCUT2D eigenvalue weighted by atomic mass is 19.4. The summed E-state index contributed by atoms with van der Waals surface area (Å²) >= 11 is 0. The predicted octanol–water partition coefficient (Wildman–Crippen LogP) is 4.30. The number of benzene rings is 1. The monoisotopic (exact) mass is 405 g/mol. The van der Waals surface area contributed by atoms with E-state index in [9.17, 15) is 18.0 Å². The van der Waals surface area contributed by atoms with E-state index in [2.05, 4.69) is 25.1 Å². The lowest BCUT2D eigenvalue weighted by atomic mass is 10.1. The van der Waals surface area contributed by atoms with Gasteiger partial charge in [0.05, 0.1) is 30.3 Å². The van der Waals surface area contributed by atoms with Crippen molar-refractivity contribution in [3.8, 4) is 11.3 Å². The third-order valence-corrected chi connectivity index (χ3v) is 4.28. The van der Waals surface area contributed by atoms with Crippen molar-refractivity contribution >= 4 is 17.6 Å². The molecule has 0 fully saturated rings. The number of hydrogen-bond donors (Lipinski definition) is 1. The molecule has 3 rings (SSSR count). The largest absolute Gasteiger partial charge is 0.465 e. The number of ether oxygens (including phenoxy) is 1. The number of nitrogens with zero attached hydrogens (tertiary/aromatic N) is 4. The predicted molar refractivity (Wildman–Crippen MR) is 99.8 cm³/mol. The Kier molecular flexibility index (Phi) is 5.53. The van der Waals surface area contributed by atoms with Gasteiger partial charge < -0.3 is 10.1 Å². The number of rotatable bonds is 5. The molecular formula is C19H18F3N5O2. The molecule has 1 aromatic carbocycles. The number of alkyl halides is 3. The van der Waals surface area contributed by atoms with E-state index in [1.807, 2.05) is 6.92 Å². The molecule has 0 spiro atoms. The minimum absolute atomic E-state index is 0.210. The van der Waals surface area contributed by atoms with Crippen molar-refractivity contribution < 1.29 is 22.7 Å². The van der Waals surface area contributed by atoms with Crippen LogP contribution >= 0.6 is 0 Å². The molecule has 3 aromatic rings. The highest BCUT2D eigenvalue weighted by molar-refractivity contribution is 5.89. The first kappa shape index (κ1) is 20.3. The Morgan fingerprint density at radius 3 is 2.52 bits per heavy atom. The van der Waals surface area contributed by atoms with Crippen LogP contribution in [0.3, 0.4) is 0 Å². The molecular weight excluding hydrogens is 387 g/mol. The van der Waals surface area contributed by atoms with E-state index in [1.165, 1.54) is 19.5 Å². The maximum Gasteiger partial charge on any atom is 0.410 e. The van der Waals surface area contributed by atoms with Gasteiger partial charge in [0, 0.05) is 18.0 Å². The number of aryl methyl sites for hydroxylation is 1. The molecule has 0 saturated carbocycles. The van der Waals surface area contributed by atoms with Crippen LogP contribution < -0.4 is 5.32 Å². The molecule has 0 bridgehead atoms. The Bertz CT molecular complexity index is 1020. The summed E-state index contributed by atoms with van der Waals surface area (Å²) in [5, 5.41) is 6.61. The first-order chi connectivity index (χ1) is 13.7. The second kappa shape index (κ2) is 7.90. The van der Waals surface area contributed by atoms with E-state index in [0.717, 1.165) is 22.7 Å². The molecule has 2 aromatic heterocycles. The van der Waals surface area contributed by atoms with Crippen LogP contribution in [0.4, 0.5) is 24.8 Å². The molecule has 10 heteroatoms. The van der Waals surface area contributed by atoms with Gasteiger partial charge >= 0.3 is 12.1 Å². The van der Waals surface area contributed by atoms with Gasteiger partial charge in [-0.25, -0.2) is 14.8 Å². The van der Waals surface area contributed by atoms with Crippen molar-refractivity contribution in [2.75, 3.05) is 12.4 Å². The minimum Gasteiger partial charge on any atom is -0.465 e. The fraction of sp³-hybridized carbons (Fsp3) is 0.263. The number of carbonyl (C=O) groups excluding carboxylic acids is 1. The normalized spacial score (nSPS) is 12.5. The van der Waals surface area contributed by atoms with E-state index < -0.39 is 18.2 Å². The summed E-state index contributed by atoms with van der Waals surface area (Å²) in [5.74, 6) is -0.231. The van der Waals surface area contributed by atoms with Gasteiger partial charge in [0.1, 0.15) is 6.04 Å². The zero-order chi connectivity index (χ0) is 21.2. The SMILES string of the molecule is COC(=O)c1ccc(-c2nc(Nc3cnn([C@@H](C)C(F)(F)F)c3)ncc2C)cc1. The quantitative estimate of drug-likeness (QED) is 0.638. The van der Waals surface area contributed by atoms with Crippen molar-refractivity contribution in [3.05, 3.63) is 54.0 Å². The molecule has 0 aliphatic rings. The topological polar surface area (TPSA) is 81.9 Å². The molecule has 2 heterocycles. The molecule has 0 aliphatic heterocycles. The minimum atomic E-state index is -4.40. The Morgan fingerprint density at radius 2 is 1.90 bits per heavy atom. The third-order valence-electron chi connectivity index (χ3n) is 4.28. The van der Waals surface area contributed by atoms with Crippen LogP contribution in [0.5, 0.6) is 0 Å². The van der Waals surface area contributed by atoms with Gasteiger partial charge in [0.2, 0.25) is 5.95 Å². The summed E-state index contributed by atoms with van der Waals surface area (Å²) in [5.41, 5.74) is 2.91. The Balaban J connectivity index is 1.83. The van der Waals surface area contributed by atoms with E-state index in [0.29, 0.717) is 16.9 Å². The highest BCUT2D eigenvalue weighted by Gasteiger charge is 2.37. The van der Waals surface area contributed by atoms with E-state index in [4.69, 9.17) is 0 Å². The van der Waals surface area contributed by atoms with Gasteiger partial charge in [-0.1, -0.05) is 12.1 Å². The maximum atomic E-state index is 12.8. The van der Waals surface area contributed by atoms with Gasteiger partial charge in [-0.3, -0.25) is 4.68 Å². The fourth-order valence-electron chi connectivity index (χ4n) is 2.57. The molecule has 29 heavy (non-hydrogen) atoms. The number of methoxy groups -OCH3 is 1. The highest BCUT2D eigenvalue weighted by Crippen LogP contribution is 2.30. The number of esters is 1. The number of nitrogens with one attached hydrogen (secondary N) is 1. The Hall–Kier alpha value is -3.43. The maximum absolute atomic E-state index is 12.8. The van der Waals surface area contributed by atoms with Crippen molar-refractivity contribution in [1.82, 2.24) is 19.7 Å². The lowest BCUT2D eigenvalue weighted by molar-refractivity contribution is -0.165. The lowest BCUT2D eigenvalue weighted by Crippen LogP contribution is -2.23. The number of aromatic nitrogens is 4. The van der Waals surface area contributed by atoms with Crippen LogP contribution in [-0.2, 0) is 4.74 Å². The second-order valence-corrected chi connectivity index (χ2v) is 6.35. The average molecular weight is 405 g/mol. The molecule has 0 amide bonds. The number of hydrogen-bond acceptors (Lipinski definition) is 6. The van der Waals surface area contributed by atoms with Crippen molar-refractivity contribution in [1.29, 1.82) is 0 Å². The van der Waals surface area contributed by atoms with Crippen molar-refractivity contribution in [2.45, 2.75) is 26.1 Å². The molecule has 152 valence electrons. The molecule has 0 saturated heterocycles. The zero-order valence-electron chi connectivity index (χ0n) is 15.9. The summed E-state index contributed by atoms with van der Waals surface area (Å²) in [6.45, 7) is 2.85. The zero-order valence-corrected chi connectivity index (χ0v) is 15.9. The van der Waals surface area contributed by atoms with Gasteiger partial charge in [0.25, 0.3) is 0 Å². The van der Waals surface area contributed by atoms with Crippen molar-refractivity contribution in [2.24, 2.45) is 0 Å². The Morgan fingerprint density at radius 1 is 1.21 bits per heavy atom.